The average Bonchev–Trinajstić information content (AvgIpc) is 3.79. The molecule has 9 aromatic carbocycles. The molecule has 10 aromatic rings. The van der Waals surface area contributed by atoms with Gasteiger partial charge in [0.2, 0.25) is 0 Å². The molecule has 0 N–H and O–H groups in total. The highest BCUT2D eigenvalue weighted by Gasteiger charge is 2.36. The van der Waals surface area contributed by atoms with Gasteiger partial charge in [-0.05, 0) is 121 Å². The van der Waals surface area contributed by atoms with Crippen molar-refractivity contribution < 1.29 is 0 Å². The quantitative estimate of drug-likeness (QED) is 0.156. The van der Waals surface area contributed by atoms with Gasteiger partial charge in [-0.1, -0.05) is 172 Å². The van der Waals surface area contributed by atoms with E-state index < -0.39 is 0 Å². The van der Waals surface area contributed by atoms with Crippen molar-refractivity contribution in [3.63, 3.8) is 0 Å². The number of fused-ring (bicyclic) bond motifs is 6. The van der Waals surface area contributed by atoms with Gasteiger partial charge in [-0.25, -0.2) is 0 Å². The third kappa shape index (κ3) is 6.07. The predicted molar refractivity (Wildman–Crippen MR) is 253 cm³/mol. The van der Waals surface area contributed by atoms with E-state index in [1.807, 2.05) is 11.3 Å². The summed E-state index contributed by atoms with van der Waals surface area (Å²) in [6, 6.07) is 78.0. The number of nitrogens with zero attached hydrogens (tertiary/aromatic N) is 1. The number of benzene rings is 9. The molecule has 0 unspecified atom stereocenters. The van der Waals surface area contributed by atoms with Crippen molar-refractivity contribution >= 4 is 48.6 Å². The minimum Gasteiger partial charge on any atom is -0.310 e. The van der Waals surface area contributed by atoms with Gasteiger partial charge < -0.3 is 4.90 Å². The number of anilines is 3. The lowest BCUT2D eigenvalue weighted by atomic mass is 9.81. The van der Waals surface area contributed by atoms with E-state index in [0.717, 1.165) is 17.1 Å². The van der Waals surface area contributed by atoms with Gasteiger partial charge in [-0.2, -0.15) is 0 Å². The van der Waals surface area contributed by atoms with Gasteiger partial charge in [-0.15, -0.1) is 11.3 Å². The van der Waals surface area contributed by atoms with Crippen molar-refractivity contribution in [3.8, 4) is 55.6 Å². The minimum absolute atomic E-state index is 0.169. The molecule has 0 atom stereocenters. The standard InChI is InChI=1S/C57H41NS/c1-57(2)53-36-44(39-15-7-4-8-16-39)27-33-49(53)50-34-32-47(37-54(50)57)58(45-28-23-40(24-29-45)43-18-11-17-42(35-43)38-13-5-3-6-14-38)46-30-25-41(26-31-46)48-20-12-21-52-51-19-9-10-22-55(51)59-56(48)52/h3-37H,1-2H3. The maximum atomic E-state index is 2.43. The Morgan fingerprint density at radius 3 is 1.49 bits per heavy atom. The van der Waals surface area contributed by atoms with Crippen LogP contribution in [0.15, 0.2) is 212 Å². The average molecular weight is 772 g/mol. The highest BCUT2D eigenvalue weighted by molar-refractivity contribution is 7.26. The Hall–Kier alpha value is -7.00. The van der Waals surface area contributed by atoms with Crippen LogP contribution in [0.1, 0.15) is 25.0 Å². The van der Waals surface area contributed by atoms with Gasteiger partial charge in [0.1, 0.15) is 0 Å². The molecule has 0 spiro atoms. The summed E-state index contributed by atoms with van der Waals surface area (Å²) in [7, 11) is 0. The zero-order chi connectivity index (χ0) is 39.5. The predicted octanol–water partition coefficient (Wildman–Crippen LogP) is 16.5. The second-order valence-corrected chi connectivity index (χ2v) is 17.2. The number of hydrogen-bond acceptors (Lipinski definition) is 2. The summed E-state index contributed by atoms with van der Waals surface area (Å²) in [6.45, 7) is 4.75. The molecule has 59 heavy (non-hydrogen) atoms. The van der Waals surface area contributed by atoms with Crippen molar-refractivity contribution in [2.45, 2.75) is 19.3 Å². The Balaban J connectivity index is 1.00. The molecule has 0 saturated heterocycles. The second-order valence-electron chi connectivity index (χ2n) is 16.1. The summed E-state index contributed by atoms with van der Waals surface area (Å²) >= 11 is 1.88. The highest BCUT2D eigenvalue weighted by atomic mass is 32.1. The smallest absolute Gasteiger partial charge is 0.0465 e. The van der Waals surface area contributed by atoms with Crippen LogP contribution >= 0.6 is 11.3 Å². The Labute approximate surface area is 350 Å². The number of rotatable bonds is 7. The normalized spacial score (nSPS) is 12.7. The number of hydrogen-bond donors (Lipinski definition) is 0. The van der Waals surface area contributed by atoms with E-state index in [2.05, 4.69) is 231 Å². The van der Waals surface area contributed by atoms with Gasteiger partial charge in [-0.3, -0.25) is 0 Å². The molecule has 0 aliphatic heterocycles. The van der Waals surface area contributed by atoms with Gasteiger partial charge in [0.15, 0.2) is 0 Å². The fourth-order valence-corrected chi connectivity index (χ4v) is 10.4. The van der Waals surface area contributed by atoms with Crippen molar-refractivity contribution in [1.82, 2.24) is 0 Å². The van der Waals surface area contributed by atoms with Crippen molar-refractivity contribution in [3.05, 3.63) is 223 Å². The van der Waals surface area contributed by atoms with E-state index in [4.69, 9.17) is 0 Å². The lowest BCUT2D eigenvalue weighted by Gasteiger charge is -2.28. The zero-order valence-corrected chi connectivity index (χ0v) is 33.9. The first-order chi connectivity index (χ1) is 29.0. The summed E-state index contributed by atoms with van der Waals surface area (Å²) in [4.78, 5) is 2.42. The third-order valence-corrected chi connectivity index (χ3v) is 13.5. The molecule has 0 amide bonds. The van der Waals surface area contributed by atoms with Crippen molar-refractivity contribution in [2.75, 3.05) is 4.90 Å². The molecule has 11 rings (SSSR count). The number of thiophene rings is 1. The lowest BCUT2D eigenvalue weighted by molar-refractivity contribution is 0.660. The Kier molecular flexibility index (Phi) is 8.43. The molecule has 0 bridgehead atoms. The summed E-state index contributed by atoms with van der Waals surface area (Å²) in [6.07, 6.45) is 0. The largest absolute Gasteiger partial charge is 0.310 e. The molecular formula is C57H41NS. The Morgan fingerprint density at radius 1 is 0.339 bits per heavy atom. The molecule has 0 fully saturated rings. The van der Waals surface area contributed by atoms with Crippen LogP contribution < -0.4 is 4.90 Å². The summed E-state index contributed by atoms with van der Waals surface area (Å²) < 4.78 is 2.66. The molecule has 1 aliphatic rings. The maximum Gasteiger partial charge on any atom is 0.0465 e. The van der Waals surface area contributed by atoms with E-state index in [-0.39, 0.29) is 5.41 Å². The van der Waals surface area contributed by atoms with E-state index in [1.165, 1.54) is 86.9 Å². The van der Waals surface area contributed by atoms with Crippen LogP contribution in [0, 0.1) is 0 Å². The monoisotopic (exact) mass is 771 g/mol. The fourth-order valence-electron chi connectivity index (χ4n) is 9.20. The highest BCUT2D eigenvalue weighted by Crippen LogP contribution is 2.52. The summed E-state index contributed by atoms with van der Waals surface area (Å²) in [5, 5.41) is 2.64. The van der Waals surface area contributed by atoms with Crippen LogP contribution in [0.2, 0.25) is 0 Å². The molecule has 1 aromatic heterocycles. The SMILES string of the molecule is CC1(C)c2cc(-c3ccccc3)ccc2-c2ccc(N(c3ccc(-c4cccc(-c5ccccc5)c4)cc3)c3ccc(-c4cccc5c4sc4ccccc45)cc3)cc21. The first-order valence-corrected chi connectivity index (χ1v) is 21.2. The van der Waals surface area contributed by atoms with Crippen LogP contribution in [0.3, 0.4) is 0 Å². The van der Waals surface area contributed by atoms with E-state index in [9.17, 15) is 0 Å². The van der Waals surface area contributed by atoms with Gasteiger partial charge >= 0.3 is 0 Å². The first kappa shape index (κ1) is 35.2. The van der Waals surface area contributed by atoms with E-state index in [0.29, 0.717) is 0 Å². The third-order valence-electron chi connectivity index (χ3n) is 12.3. The topological polar surface area (TPSA) is 3.24 Å². The van der Waals surface area contributed by atoms with Crippen molar-refractivity contribution in [2.24, 2.45) is 0 Å². The van der Waals surface area contributed by atoms with Crippen LogP contribution in [0.25, 0.3) is 75.8 Å². The first-order valence-electron chi connectivity index (χ1n) is 20.4. The lowest BCUT2D eigenvalue weighted by Crippen LogP contribution is -2.16. The molecule has 0 saturated carbocycles. The Morgan fingerprint density at radius 2 is 0.814 bits per heavy atom. The Bertz CT molecular complexity index is 3160. The zero-order valence-electron chi connectivity index (χ0n) is 33.1. The molecule has 1 heterocycles. The van der Waals surface area contributed by atoms with E-state index >= 15 is 0 Å². The van der Waals surface area contributed by atoms with E-state index in [1.54, 1.807) is 0 Å². The van der Waals surface area contributed by atoms with Crippen molar-refractivity contribution in [1.29, 1.82) is 0 Å². The van der Waals surface area contributed by atoms with Crippen LogP contribution in [-0.4, -0.2) is 0 Å². The second kappa shape index (κ2) is 14.1. The molecule has 1 aliphatic carbocycles. The maximum absolute atomic E-state index is 2.43. The molecule has 1 nitrogen and oxygen atoms in total. The molecule has 2 heteroatoms. The fraction of sp³-hybridized carbons (Fsp3) is 0.0526. The van der Waals surface area contributed by atoms with Crippen LogP contribution in [0.4, 0.5) is 17.1 Å². The van der Waals surface area contributed by atoms with Crippen LogP contribution in [0.5, 0.6) is 0 Å². The minimum atomic E-state index is -0.169. The summed E-state index contributed by atoms with van der Waals surface area (Å²) in [5.41, 5.74) is 18.4. The molecule has 0 radical (unpaired) electrons. The molecule has 280 valence electrons. The van der Waals surface area contributed by atoms with Gasteiger partial charge in [0.25, 0.3) is 0 Å². The van der Waals surface area contributed by atoms with Gasteiger partial charge in [0, 0.05) is 42.6 Å². The van der Waals surface area contributed by atoms with Gasteiger partial charge in [0.05, 0.1) is 0 Å². The van der Waals surface area contributed by atoms with Crippen LogP contribution in [-0.2, 0) is 5.41 Å². The molecular weight excluding hydrogens is 731 g/mol. The summed E-state index contributed by atoms with van der Waals surface area (Å²) in [5.74, 6) is 0.